The van der Waals surface area contributed by atoms with Crippen molar-refractivity contribution in [1.29, 1.82) is 0 Å². The molecule has 3 amide bonds. The summed E-state index contributed by atoms with van der Waals surface area (Å²) in [5.74, 6) is -0.745. The summed E-state index contributed by atoms with van der Waals surface area (Å²) in [4.78, 5) is 40.7. The second-order valence-corrected chi connectivity index (χ2v) is 7.66. The van der Waals surface area contributed by atoms with Gasteiger partial charge in [-0.1, -0.05) is 18.2 Å². The van der Waals surface area contributed by atoms with Gasteiger partial charge in [0.2, 0.25) is 11.8 Å². The lowest BCUT2D eigenvalue weighted by Gasteiger charge is -2.34. The molecule has 0 aromatic heterocycles. The van der Waals surface area contributed by atoms with E-state index in [9.17, 15) is 18.8 Å². The monoisotopic (exact) mass is 426 g/mol. The van der Waals surface area contributed by atoms with E-state index in [4.69, 9.17) is 0 Å². The number of benzene rings is 2. The third-order valence-corrected chi connectivity index (χ3v) is 5.11. The Morgan fingerprint density at radius 2 is 1.61 bits per heavy atom. The van der Waals surface area contributed by atoms with Gasteiger partial charge >= 0.3 is 0 Å². The molecule has 0 radical (unpaired) electrons. The van der Waals surface area contributed by atoms with Crippen molar-refractivity contribution >= 4 is 23.4 Å². The molecule has 1 saturated heterocycles. The summed E-state index contributed by atoms with van der Waals surface area (Å²) in [6, 6.07) is 14.2. The highest BCUT2D eigenvalue weighted by Crippen LogP contribution is 2.10. The van der Waals surface area contributed by atoms with Crippen molar-refractivity contribution in [3.05, 3.63) is 66.0 Å². The Labute approximate surface area is 181 Å². The molecule has 1 aliphatic rings. The van der Waals surface area contributed by atoms with Gasteiger partial charge in [-0.3, -0.25) is 19.3 Å². The van der Waals surface area contributed by atoms with E-state index >= 15 is 0 Å². The van der Waals surface area contributed by atoms with Crippen LogP contribution in [0.2, 0.25) is 0 Å². The largest absolute Gasteiger partial charge is 0.349 e. The van der Waals surface area contributed by atoms with Crippen LogP contribution in [0.25, 0.3) is 0 Å². The molecule has 8 heteroatoms. The molecule has 2 aromatic carbocycles. The Bertz CT molecular complexity index is 897. The molecular weight excluding hydrogens is 399 g/mol. The van der Waals surface area contributed by atoms with Gasteiger partial charge < -0.3 is 15.5 Å². The predicted octanol–water partition coefficient (Wildman–Crippen LogP) is 2.12. The summed E-state index contributed by atoms with van der Waals surface area (Å²) in [7, 11) is 0. The highest BCUT2D eigenvalue weighted by molar-refractivity contribution is 5.94. The number of anilines is 1. The van der Waals surface area contributed by atoms with Gasteiger partial charge in [0.15, 0.2) is 0 Å². The second kappa shape index (κ2) is 10.7. The van der Waals surface area contributed by atoms with Gasteiger partial charge in [0.1, 0.15) is 5.82 Å². The van der Waals surface area contributed by atoms with Crippen molar-refractivity contribution in [3.63, 3.8) is 0 Å². The molecule has 3 rings (SSSR count). The number of halogens is 1. The summed E-state index contributed by atoms with van der Waals surface area (Å²) in [6.07, 6.45) is 0.226. The first kappa shape index (κ1) is 22.4. The average Bonchev–Trinajstić information content (AvgIpc) is 2.76. The minimum absolute atomic E-state index is 0.0173. The molecule has 1 fully saturated rings. The number of hydrogen-bond donors (Lipinski definition) is 2. The third-order valence-electron chi connectivity index (χ3n) is 5.11. The van der Waals surface area contributed by atoms with E-state index in [1.54, 1.807) is 29.2 Å². The molecule has 0 saturated carbocycles. The number of carbonyl (C=O) groups excluding carboxylic acids is 3. The van der Waals surface area contributed by atoms with Crippen LogP contribution in [0.1, 0.15) is 23.7 Å². The van der Waals surface area contributed by atoms with Crippen LogP contribution in [0.4, 0.5) is 10.1 Å². The van der Waals surface area contributed by atoms with Gasteiger partial charge in [-0.25, -0.2) is 4.39 Å². The standard InChI is InChI=1S/C23H27FN4O3/c1-17(25-23(31)18-5-3-2-4-6-18)15-22(30)28-13-11-27(12-14-28)16-21(29)26-20-9-7-19(24)8-10-20/h2-10,17H,11-16H2,1H3,(H,25,31)(H,26,29)/t17-/m1/s1. The zero-order chi connectivity index (χ0) is 22.2. The fourth-order valence-corrected chi connectivity index (χ4v) is 3.43. The highest BCUT2D eigenvalue weighted by atomic mass is 19.1. The van der Waals surface area contributed by atoms with Crippen LogP contribution >= 0.6 is 0 Å². The van der Waals surface area contributed by atoms with E-state index in [1.165, 1.54) is 24.3 Å². The van der Waals surface area contributed by atoms with Crippen LogP contribution in [0, 0.1) is 5.82 Å². The second-order valence-electron chi connectivity index (χ2n) is 7.66. The summed E-state index contributed by atoms with van der Waals surface area (Å²) < 4.78 is 12.9. The Hall–Kier alpha value is -3.26. The number of amides is 3. The maximum Gasteiger partial charge on any atom is 0.251 e. The summed E-state index contributed by atoms with van der Waals surface area (Å²) >= 11 is 0. The van der Waals surface area contributed by atoms with Crippen LogP contribution in [0.5, 0.6) is 0 Å². The maximum absolute atomic E-state index is 12.9. The lowest BCUT2D eigenvalue weighted by Crippen LogP contribution is -2.51. The summed E-state index contributed by atoms with van der Waals surface area (Å²) in [5.41, 5.74) is 1.11. The van der Waals surface area contributed by atoms with E-state index in [2.05, 4.69) is 10.6 Å². The Kier molecular flexibility index (Phi) is 7.72. The van der Waals surface area contributed by atoms with Gasteiger partial charge in [0.25, 0.3) is 5.91 Å². The number of hydrogen-bond acceptors (Lipinski definition) is 4. The minimum atomic E-state index is -0.354. The highest BCUT2D eigenvalue weighted by Gasteiger charge is 2.24. The van der Waals surface area contributed by atoms with Gasteiger partial charge in [-0.2, -0.15) is 0 Å². The molecule has 164 valence electrons. The Balaban J connectivity index is 1.38. The van der Waals surface area contributed by atoms with Crippen molar-refractivity contribution in [2.24, 2.45) is 0 Å². The fourth-order valence-electron chi connectivity index (χ4n) is 3.43. The maximum atomic E-state index is 12.9. The molecule has 2 N–H and O–H groups in total. The number of carbonyl (C=O) groups is 3. The number of nitrogens with zero attached hydrogens (tertiary/aromatic N) is 2. The Morgan fingerprint density at radius 1 is 0.968 bits per heavy atom. The van der Waals surface area contributed by atoms with E-state index in [-0.39, 0.29) is 42.5 Å². The molecular formula is C23H27FN4O3. The fraction of sp³-hybridized carbons (Fsp3) is 0.348. The van der Waals surface area contributed by atoms with Crippen LogP contribution in [-0.4, -0.2) is 66.3 Å². The van der Waals surface area contributed by atoms with Crippen molar-refractivity contribution < 1.29 is 18.8 Å². The quantitative estimate of drug-likeness (QED) is 0.711. The van der Waals surface area contributed by atoms with E-state index in [1.807, 2.05) is 17.9 Å². The summed E-state index contributed by atoms with van der Waals surface area (Å²) in [5, 5.41) is 5.59. The van der Waals surface area contributed by atoms with Gasteiger partial charge in [0, 0.05) is 49.9 Å². The van der Waals surface area contributed by atoms with E-state index in [0.717, 1.165) is 0 Å². The zero-order valence-corrected chi connectivity index (χ0v) is 17.5. The molecule has 0 aliphatic carbocycles. The lowest BCUT2D eigenvalue weighted by atomic mass is 10.1. The SMILES string of the molecule is C[C@H](CC(=O)N1CCN(CC(=O)Nc2ccc(F)cc2)CC1)NC(=O)c1ccccc1. The van der Waals surface area contributed by atoms with Crippen molar-refractivity contribution in [2.45, 2.75) is 19.4 Å². The van der Waals surface area contributed by atoms with E-state index in [0.29, 0.717) is 37.4 Å². The normalized spacial score (nSPS) is 15.2. The van der Waals surface area contributed by atoms with Gasteiger partial charge in [-0.15, -0.1) is 0 Å². The summed E-state index contributed by atoms with van der Waals surface area (Å²) in [6.45, 7) is 4.27. The van der Waals surface area contributed by atoms with Crippen molar-refractivity contribution in [3.8, 4) is 0 Å². The van der Waals surface area contributed by atoms with Crippen molar-refractivity contribution in [2.75, 3.05) is 38.0 Å². The smallest absolute Gasteiger partial charge is 0.251 e. The molecule has 0 bridgehead atoms. The zero-order valence-electron chi connectivity index (χ0n) is 17.5. The first-order chi connectivity index (χ1) is 14.9. The predicted molar refractivity (Wildman–Crippen MR) is 116 cm³/mol. The molecule has 1 atom stereocenters. The first-order valence-electron chi connectivity index (χ1n) is 10.3. The molecule has 2 aromatic rings. The van der Waals surface area contributed by atoms with Gasteiger partial charge in [0.05, 0.1) is 6.54 Å². The van der Waals surface area contributed by atoms with Crippen LogP contribution in [-0.2, 0) is 9.59 Å². The molecule has 0 spiro atoms. The minimum Gasteiger partial charge on any atom is -0.349 e. The topological polar surface area (TPSA) is 81.8 Å². The molecule has 0 unspecified atom stereocenters. The van der Waals surface area contributed by atoms with Crippen LogP contribution < -0.4 is 10.6 Å². The molecule has 7 nitrogen and oxygen atoms in total. The molecule has 1 heterocycles. The van der Waals surface area contributed by atoms with E-state index < -0.39 is 0 Å². The lowest BCUT2D eigenvalue weighted by molar-refractivity contribution is -0.133. The molecule has 1 aliphatic heterocycles. The Morgan fingerprint density at radius 3 is 2.26 bits per heavy atom. The van der Waals surface area contributed by atoms with Gasteiger partial charge in [-0.05, 0) is 43.3 Å². The van der Waals surface area contributed by atoms with Crippen LogP contribution in [0.15, 0.2) is 54.6 Å². The number of piperazine rings is 1. The average molecular weight is 426 g/mol. The first-order valence-corrected chi connectivity index (χ1v) is 10.3. The molecule has 31 heavy (non-hydrogen) atoms. The van der Waals surface area contributed by atoms with Crippen LogP contribution in [0.3, 0.4) is 0 Å². The third kappa shape index (κ3) is 6.89. The van der Waals surface area contributed by atoms with Crippen molar-refractivity contribution in [1.82, 2.24) is 15.1 Å². The number of nitrogens with one attached hydrogen (secondary N) is 2. The number of rotatable bonds is 7.